The van der Waals surface area contributed by atoms with Gasteiger partial charge in [-0.2, -0.15) is 5.26 Å². The molecular weight excluding hydrogens is 219 g/mol. The summed E-state index contributed by atoms with van der Waals surface area (Å²) in [5.74, 6) is -0.518. The molecule has 4 heteroatoms. The number of nitrogens with one attached hydrogen (secondary N) is 1. The molecule has 1 fully saturated rings. The number of aliphatic hydroxyl groups excluding tert-OH is 1. The molecule has 1 aliphatic carbocycles. The van der Waals surface area contributed by atoms with Gasteiger partial charge < -0.3 is 10.4 Å². The number of hydrogen-bond acceptors (Lipinski definition) is 3. The van der Waals surface area contributed by atoms with Crippen molar-refractivity contribution in [2.24, 2.45) is 5.41 Å². The van der Waals surface area contributed by atoms with E-state index < -0.39 is 5.82 Å². The lowest BCUT2D eigenvalue weighted by atomic mass is 9.64. The molecule has 0 aromatic heterocycles. The Balaban J connectivity index is 2.11. The van der Waals surface area contributed by atoms with E-state index in [-0.39, 0.29) is 23.1 Å². The molecule has 0 spiro atoms. The van der Waals surface area contributed by atoms with E-state index in [1.165, 1.54) is 12.1 Å². The van der Waals surface area contributed by atoms with Crippen molar-refractivity contribution in [3.63, 3.8) is 0 Å². The number of nitriles is 1. The van der Waals surface area contributed by atoms with Crippen molar-refractivity contribution in [2.45, 2.75) is 32.4 Å². The predicted octanol–water partition coefficient (Wildman–Crippen LogP) is 2.27. The molecule has 17 heavy (non-hydrogen) atoms. The van der Waals surface area contributed by atoms with E-state index in [1.54, 1.807) is 12.1 Å². The average Bonchev–Trinajstić information content (AvgIpc) is 2.29. The van der Waals surface area contributed by atoms with Gasteiger partial charge in [-0.05, 0) is 24.6 Å². The molecule has 0 bridgehead atoms. The third-order valence-corrected chi connectivity index (χ3v) is 3.65. The fourth-order valence-electron chi connectivity index (χ4n) is 2.04. The SMILES string of the molecule is CC1(C)C(O)CC1Nc1ccc(C#N)c(F)c1. The fourth-order valence-corrected chi connectivity index (χ4v) is 2.04. The standard InChI is InChI=1S/C13H15FN2O/c1-13(2)11(6-12(13)17)16-9-4-3-8(7-15)10(14)5-9/h3-5,11-12,16-17H,6H2,1-2H3. The van der Waals surface area contributed by atoms with Gasteiger partial charge >= 0.3 is 0 Å². The van der Waals surface area contributed by atoms with E-state index in [0.29, 0.717) is 12.1 Å². The van der Waals surface area contributed by atoms with Crippen LogP contribution in [0, 0.1) is 22.6 Å². The quantitative estimate of drug-likeness (QED) is 0.825. The summed E-state index contributed by atoms with van der Waals surface area (Å²) >= 11 is 0. The summed E-state index contributed by atoms with van der Waals surface area (Å²) in [6.07, 6.45) is 0.345. The normalized spacial score (nSPS) is 25.8. The van der Waals surface area contributed by atoms with Crippen molar-refractivity contribution in [1.82, 2.24) is 0 Å². The van der Waals surface area contributed by atoms with Crippen LogP contribution in [0.1, 0.15) is 25.8 Å². The highest BCUT2D eigenvalue weighted by atomic mass is 19.1. The van der Waals surface area contributed by atoms with Gasteiger partial charge in [0.05, 0.1) is 11.7 Å². The minimum atomic E-state index is -0.518. The van der Waals surface area contributed by atoms with Crippen LogP contribution >= 0.6 is 0 Å². The van der Waals surface area contributed by atoms with Gasteiger partial charge in [-0.3, -0.25) is 0 Å². The van der Waals surface area contributed by atoms with Gasteiger partial charge in [0.15, 0.2) is 0 Å². The highest BCUT2D eigenvalue weighted by molar-refractivity contribution is 5.49. The number of nitrogens with zero attached hydrogens (tertiary/aromatic N) is 1. The smallest absolute Gasteiger partial charge is 0.143 e. The Bertz CT molecular complexity index is 479. The van der Waals surface area contributed by atoms with Gasteiger partial charge in [-0.15, -0.1) is 0 Å². The van der Waals surface area contributed by atoms with Crippen LogP contribution in [0.5, 0.6) is 0 Å². The average molecular weight is 234 g/mol. The second kappa shape index (κ2) is 4.01. The number of rotatable bonds is 2. The summed E-state index contributed by atoms with van der Waals surface area (Å²) in [4.78, 5) is 0. The first-order chi connectivity index (χ1) is 7.95. The number of hydrogen-bond donors (Lipinski definition) is 2. The molecule has 90 valence electrons. The Morgan fingerprint density at radius 2 is 2.24 bits per heavy atom. The van der Waals surface area contributed by atoms with Crippen molar-refractivity contribution >= 4 is 5.69 Å². The van der Waals surface area contributed by atoms with Gasteiger partial charge in [0.1, 0.15) is 11.9 Å². The minimum absolute atomic E-state index is 0.0449. The molecule has 0 amide bonds. The van der Waals surface area contributed by atoms with E-state index >= 15 is 0 Å². The topological polar surface area (TPSA) is 56.0 Å². The highest BCUT2D eigenvalue weighted by Gasteiger charge is 2.47. The van der Waals surface area contributed by atoms with Crippen LogP contribution in [0.4, 0.5) is 10.1 Å². The zero-order valence-corrected chi connectivity index (χ0v) is 9.87. The van der Waals surface area contributed by atoms with E-state index in [4.69, 9.17) is 5.26 Å². The van der Waals surface area contributed by atoms with E-state index in [9.17, 15) is 9.50 Å². The number of aliphatic hydroxyl groups is 1. The third-order valence-electron chi connectivity index (χ3n) is 3.65. The first kappa shape index (κ1) is 11.9. The van der Waals surface area contributed by atoms with Crippen molar-refractivity contribution in [3.05, 3.63) is 29.6 Å². The Hall–Kier alpha value is -1.60. The molecule has 3 nitrogen and oxygen atoms in total. The molecule has 1 aromatic rings. The zero-order chi connectivity index (χ0) is 12.6. The van der Waals surface area contributed by atoms with Crippen molar-refractivity contribution in [1.29, 1.82) is 5.26 Å². The molecule has 2 rings (SSSR count). The second-order valence-electron chi connectivity index (χ2n) is 5.08. The molecule has 0 radical (unpaired) electrons. The fraction of sp³-hybridized carbons (Fsp3) is 0.462. The Morgan fingerprint density at radius 3 is 2.71 bits per heavy atom. The highest BCUT2D eigenvalue weighted by Crippen LogP contribution is 2.42. The lowest BCUT2D eigenvalue weighted by molar-refractivity contribution is -0.0510. The largest absolute Gasteiger partial charge is 0.392 e. The molecule has 0 saturated heterocycles. The van der Waals surface area contributed by atoms with E-state index in [0.717, 1.165) is 0 Å². The van der Waals surface area contributed by atoms with Gasteiger partial charge in [0.2, 0.25) is 0 Å². The van der Waals surface area contributed by atoms with Crippen molar-refractivity contribution in [2.75, 3.05) is 5.32 Å². The van der Waals surface area contributed by atoms with Gasteiger partial charge in [0, 0.05) is 17.1 Å². The summed E-state index contributed by atoms with van der Waals surface area (Å²) in [5.41, 5.74) is 0.486. The summed E-state index contributed by atoms with van der Waals surface area (Å²) in [5, 5.41) is 21.4. The van der Waals surface area contributed by atoms with E-state index in [2.05, 4.69) is 5.32 Å². The van der Waals surface area contributed by atoms with Crippen LogP contribution in [0.15, 0.2) is 18.2 Å². The summed E-state index contributed by atoms with van der Waals surface area (Å²) in [6, 6.07) is 6.37. The number of halogens is 1. The zero-order valence-electron chi connectivity index (χ0n) is 9.87. The monoisotopic (exact) mass is 234 g/mol. The number of benzene rings is 1. The van der Waals surface area contributed by atoms with Crippen LogP contribution in [0.3, 0.4) is 0 Å². The van der Waals surface area contributed by atoms with E-state index in [1.807, 2.05) is 13.8 Å². The molecular formula is C13H15FN2O. The predicted molar refractivity (Wildman–Crippen MR) is 62.9 cm³/mol. The molecule has 1 aliphatic rings. The molecule has 1 aromatic carbocycles. The second-order valence-corrected chi connectivity index (χ2v) is 5.08. The van der Waals surface area contributed by atoms with Crippen molar-refractivity contribution < 1.29 is 9.50 Å². The van der Waals surface area contributed by atoms with Crippen LogP contribution in [0.25, 0.3) is 0 Å². The maximum absolute atomic E-state index is 13.4. The van der Waals surface area contributed by atoms with Crippen LogP contribution in [-0.2, 0) is 0 Å². The van der Waals surface area contributed by atoms with Gasteiger partial charge in [0.25, 0.3) is 0 Å². The minimum Gasteiger partial charge on any atom is -0.392 e. The summed E-state index contributed by atoms with van der Waals surface area (Å²) < 4.78 is 13.4. The Kier molecular flexibility index (Phi) is 2.80. The molecule has 2 N–H and O–H groups in total. The first-order valence-electron chi connectivity index (χ1n) is 5.59. The molecule has 0 aliphatic heterocycles. The molecule has 0 heterocycles. The molecule has 2 unspecified atom stereocenters. The first-order valence-corrected chi connectivity index (χ1v) is 5.59. The Labute approximate surface area is 99.9 Å². The number of anilines is 1. The summed E-state index contributed by atoms with van der Waals surface area (Å²) in [7, 11) is 0. The lowest BCUT2D eigenvalue weighted by Gasteiger charge is -2.49. The summed E-state index contributed by atoms with van der Waals surface area (Å²) in [6.45, 7) is 3.94. The van der Waals surface area contributed by atoms with Gasteiger partial charge in [-0.1, -0.05) is 13.8 Å². The van der Waals surface area contributed by atoms with Crippen LogP contribution in [-0.4, -0.2) is 17.3 Å². The third kappa shape index (κ3) is 1.98. The maximum atomic E-state index is 13.4. The van der Waals surface area contributed by atoms with Crippen LogP contribution in [0.2, 0.25) is 0 Å². The Morgan fingerprint density at radius 1 is 1.53 bits per heavy atom. The maximum Gasteiger partial charge on any atom is 0.143 e. The molecule has 2 atom stereocenters. The lowest BCUT2D eigenvalue weighted by Crippen LogP contribution is -2.56. The van der Waals surface area contributed by atoms with Crippen LogP contribution < -0.4 is 5.32 Å². The van der Waals surface area contributed by atoms with Gasteiger partial charge in [-0.25, -0.2) is 4.39 Å². The molecule has 1 saturated carbocycles. The van der Waals surface area contributed by atoms with Crippen molar-refractivity contribution in [3.8, 4) is 6.07 Å².